The number of carbonyl (C=O) groups is 1. The second kappa shape index (κ2) is 7.22. The number of carbonyl (C=O) groups excluding carboxylic acids is 1. The van der Waals surface area contributed by atoms with Crippen LogP contribution in [0.15, 0.2) is 0 Å². The number of hydrogen-bond donors (Lipinski definition) is 2. The van der Waals surface area contributed by atoms with Crippen molar-refractivity contribution in [2.45, 2.75) is 53.0 Å². The molecule has 4 heteroatoms. The lowest BCUT2D eigenvalue weighted by molar-refractivity contribution is -0.122. The third-order valence-corrected chi connectivity index (χ3v) is 3.68. The Morgan fingerprint density at radius 2 is 2.12 bits per heavy atom. The van der Waals surface area contributed by atoms with Crippen LogP contribution in [-0.4, -0.2) is 25.0 Å². The average Bonchev–Trinajstić information content (AvgIpc) is 2.65. The van der Waals surface area contributed by atoms with Gasteiger partial charge in [-0.3, -0.25) is 4.79 Å². The molecular weight excluding hydrogens is 236 g/mol. The van der Waals surface area contributed by atoms with Crippen LogP contribution in [0.3, 0.4) is 0 Å². The molecule has 0 aromatic carbocycles. The predicted molar refractivity (Wildman–Crippen MR) is 74.5 cm³/mol. The maximum atomic E-state index is 11.7. The molecule has 1 saturated heterocycles. The minimum absolute atomic E-state index is 0. The fourth-order valence-corrected chi connectivity index (χ4v) is 1.82. The quantitative estimate of drug-likeness (QED) is 0.817. The zero-order valence-electron chi connectivity index (χ0n) is 11.5. The summed E-state index contributed by atoms with van der Waals surface area (Å²) in [6, 6.07) is 0.494. The summed E-state index contributed by atoms with van der Waals surface area (Å²) in [4.78, 5) is 11.7. The number of hydrogen-bond acceptors (Lipinski definition) is 2. The highest BCUT2D eigenvalue weighted by atomic mass is 35.5. The van der Waals surface area contributed by atoms with Gasteiger partial charge in [-0.2, -0.15) is 0 Å². The molecule has 0 bridgehead atoms. The van der Waals surface area contributed by atoms with Crippen LogP contribution in [0.2, 0.25) is 0 Å². The van der Waals surface area contributed by atoms with Gasteiger partial charge in [0.25, 0.3) is 0 Å². The largest absolute Gasteiger partial charge is 0.355 e. The maximum absolute atomic E-state index is 11.7. The van der Waals surface area contributed by atoms with Gasteiger partial charge in [0, 0.05) is 19.0 Å². The zero-order valence-corrected chi connectivity index (χ0v) is 12.3. The molecule has 1 amide bonds. The predicted octanol–water partition coefficient (Wildman–Crippen LogP) is 2.35. The van der Waals surface area contributed by atoms with Gasteiger partial charge in [-0.1, -0.05) is 27.7 Å². The molecule has 3 nitrogen and oxygen atoms in total. The van der Waals surface area contributed by atoms with Gasteiger partial charge in [-0.05, 0) is 30.7 Å². The van der Waals surface area contributed by atoms with Crippen molar-refractivity contribution in [1.82, 2.24) is 10.6 Å². The van der Waals surface area contributed by atoms with Crippen LogP contribution in [0.5, 0.6) is 0 Å². The summed E-state index contributed by atoms with van der Waals surface area (Å²) in [5, 5.41) is 6.41. The van der Waals surface area contributed by atoms with Gasteiger partial charge in [-0.15, -0.1) is 12.4 Å². The molecule has 17 heavy (non-hydrogen) atoms. The lowest BCUT2D eigenvalue weighted by Crippen LogP contribution is -2.38. The minimum Gasteiger partial charge on any atom is -0.355 e. The third kappa shape index (κ3) is 6.27. The van der Waals surface area contributed by atoms with E-state index in [9.17, 15) is 4.79 Å². The Balaban J connectivity index is 0.00000256. The second-order valence-electron chi connectivity index (χ2n) is 6.07. The molecule has 0 saturated carbocycles. The van der Waals surface area contributed by atoms with E-state index in [2.05, 4.69) is 38.3 Å². The zero-order chi connectivity index (χ0) is 12.2. The van der Waals surface area contributed by atoms with Crippen molar-refractivity contribution < 1.29 is 4.79 Å². The number of amides is 1. The first-order valence-corrected chi connectivity index (χ1v) is 6.39. The van der Waals surface area contributed by atoms with E-state index in [4.69, 9.17) is 0 Å². The Hall–Kier alpha value is -0.280. The summed E-state index contributed by atoms with van der Waals surface area (Å²) in [6.07, 6.45) is 3.06. The van der Waals surface area contributed by atoms with Gasteiger partial charge in [0.1, 0.15) is 0 Å². The van der Waals surface area contributed by atoms with E-state index in [0.29, 0.717) is 18.4 Å². The fourth-order valence-electron chi connectivity index (χ4n) is 1.82. The molecule has 0 aromatic rings. The molecule has 0 radical (unpaired) electrons. The first-order valence-electron chi connectivity index (χ1n) is 6.39. The molecule has 102 valence electrons. The fraction of sp³-hybridized carbons (Fsp3) is 0.923. The van der Waals surface area contributed by atoms with Gasteiger partial charge in [0.2, 0.25) is 5.91 Å². The van der Waals surface area contributed by atoms with E-state index in [1.54, 1.807) is 0 Å². The molecule has 2 atom stereocenters. The van der Waals surface area contributed by atoms with Gasteiger partial charge in [-0.25, -0.2) is 0 Å². The molecule has 0 aliphatic carbocycles. The molecular formula is C13H27ClN2O. The van der Waals surface area contributed by atoms with Crippen LogP contribution in [0.25, 0.3) is 0 Å². The highest BCUT2D eigenvalue weighted by Crippen LogP contribution is 2.27. The second-order valence-corrected chi connectivity index (χ2v) is 6.07. The third-order valence-electron chi connectivity index (χ3n) is 3.68. The van der Waals surface area contributed by atoms with Crippen LogP contribution in [0, 0.1) is 11.3 Å². The molecule has 0 aromatic heterocycles. The van der Waals surface area contributed by atoms with Gasteiger partial charge in [0.05, 0.1) is 0 Å². The van der Waals surface area contributed by atoms with Crippen molar-refractivity contribution in [3.8, 4) is 0 Å². The Morgan fingerprint density at radius 3 is 2.59 bits per heavy atom. The molecule has 1 rings (SSSR count). The highest BCUT2D eigenvalue weighted by molar-refractivity contribution is 5.85. The van der Waals surface area contributed by atoms with Crippen LogP contribution >= 0.6 is 12.4 Å². The van der Waals surface area contributed by atoms with E-state index >= 15 is 0 Å². The highest BCUT2D eigenvalue weighted by Gasteiger charge is 2.23. The van der Waals surface area contributed by atoms with Crippen LogP contribution in [-0.2, 0) is 4.79 Å². The standard InChI is InChI=1S/C13H26N2O.ClH/c1-10(13(2,3)4)8-12(16)15-9-11-6-5-7-14-11;/h10-11,14H,5-9H2,1-4H3,(H,15,16);1H. The Bertz CT molecular complexity index is 232. The first kappa shape index (κ1) is 16.7. The van der Waals surface area contributed by atoms with Crippen molar-refractivity contribution >= 4 is 18.3 Å². The monoisotopic (exact) mass is 262 g/mol. The van der Waals surface area contributed by atoms with E-state index in [1.165, 1.54) is 12.8 Å². The van der Waals surface area contributed by atoms with Gasteiger partial charge >= 0.3 is 0 Å². The Morgan fingerprint density at radius 1 is 1.47 bits per heavy atom. The minimum atomic E-state index is 0. The summed E-state index contributed by atoms with van der Waals surface area (Å²) in [7, 11) is 0. The number of halogens is 1. The van der Waals surface area contributed by atoms with Crippen molar-refractivity contribution in [2.24, 2.45) is 11.3 Å². The van der Waals surface area contributed by atoms with Gasteiger partial charge in [0.15, 0.2) is 0 Å². The van der Waals surface area contributed by atoms with Crippen LogP contribution in [0.1, 0.15) is 47.0 Å². The van der Waals surface area contributed by atoms with E-state index in [1.807, 2.05) is 0 Å². The molecule has 1 aliphatic rings. The van der Waals surface area contributed by atoms with Crippen molar-refractivity contribution in [3.05, 3.63) is 0 Å². The molecule has 0 spiro atoms. The Labute approximate surface area is 112 Å². The van der Waals surface area contributed by atoms with E-state index in [0.717, 1.165) is 13.1 Å². The van der Waals surface area contributed by atoms with Crippen LogP contribution in [0.4, 0.5) is 0 Å². The normalized spacial score (nSPS) is 21.8. The average molecular weight is 263 g/mol. The van der Waals surface area contributed by atoms with E-state index in [-0.39, 0.29) is 23.7 Å². The first-order chi connectivity index (χ1) is 7.39. The summed E-state index contributed by atoms with van der Waals surface area (Å²) in [6.45, 7) is 10.6. The number of rotatable bonds is 4. The number of nitrogens with one attached hydrogen (secondary N) is 2. The molecule has 1 heterocycles. The summed E-state index contributed by atoms with van der Waals surface area (Å²) in [5.41, 5.74) is 0.211. The Kier molecular flexibility index (Phi) is 7.10. The maximum Gasteiger partial charge on any atom is 0.220 e. The van der Waals surface area contributed by atoms with Crippen LogP contribution < -0.4 is 10.6 Å². The molecule has 2 N–H and O–H groups in total. The SMILES string of the molecule is CC(CC(=O)NCC1CCCN1)C(C)(C)C.Cl. The summed E-state index contributed by atoms with van der Waals surface area (Å²) in [5.74, 6) is 0.611. The van der Waals surface area contributed by atoms with Crippen molar-refractivity contribution in [2.75, 3.05) is 13.1 Å². The summed E-state index contributed by atoms with van der Waals surface area (Å²) >= 11 is 0. The van der Waals surface area contributed by atoms with Gasteiger partial charge < -0.3 is 10.6 Å². The lowest BCUT2D eigenvalue weighted by Gasteiger charge is -2.26. The summed E-state index contributed by atoms with van der Waals surface area (Å²) < 4.78 is 0. The van der Waals surface area contributed by atoms with E-state index < -0.39 is 0 Å². The molecule has 1 aliphatic heterocycles. The molecule has 1 fully saturated rings. The smallest absolute Gasteiger partial charge is 0.220 e. The van der Waals surface area contributed by atoms with Crippen molar-refractivity contribution in [3.63, 3.8) is 0 Å². The molecule has 2 unspecified atom stereocenters. The lowest BCUT2D eigenvalue weighted by atomic mass is 9.80. The topological polar surface area (TPSA) is 41.1 Å². The van der Waals surface area contributed by atoms with Crippen molar-refractivity contribution in [1.29, 1.82) is 0 Å².